The van der Waals surface area contributed by atoms with Crippen molar-refractivity contribution >= 4 is 41.0 Å². The Morgan fingerprint density at radius 3 is 2.62 bits per heavy atom. The number of anilines is 1. The highest BCUT2D eigenvalue weighted by atomic mass is 32.2. The molecule has 1 aliphatic heterocycles. The van der Waals surface area contributed by atoms with E-state index in [4.69, 9.17) is 0 Å². The Morgan fingerprint density at radius 2 is 1.97 bits per heavy atom. The molecule has 3 rings (SSSR count). The van der Waals surface area contributed by atoms with Crippen LogP contribution in [0.25, 0.3) is 0 Å². The monoisotopic (exact) mass is 423 g/mol. The lowest BCUT2D eigenvalue weighted by molar-refractivity contribution is -0.121. The lowest BCUT2D eigenvalue weighted by Crippen LogP contribution is -2.31. The normalized spacial score (nSPS) is 16.2. The third-order valence-corrected chi connectivity index (χ3v) is 6.40. The second-order valence-electron chi connectivity index (χ2n) is 6.58. The van der Waals surface area contributed by atoms with Gasteiger partial charge in [-0.1, -0.05) is 42.1 Å². The predicted octanol–water partition coefficient (Wildman–Crippen LogP) is 4.43. The first-order chi connectivity index (χ1) is 14.0. The minimum atomic E-state index is -0.299. The van der Waals surface area contributed by atoms with Crippen LogP contribution in [0, 0.1) is 18.3 Å². The molecule has 0 bridgehead atoms. The first-order valence-corrected chi connectivity index (χ1v) is 11.3. The summed E-state index contributed by atoms with van der Waals surface area (Å²) in [6.45, 7) is 1.92. The van der Waals surface area contributed by atoms with Gasteiger partial charge in [0.25, 0.3) is 0 Å². The van der Waals surface area contributed by atoms with Gasteiger partial charge in [0, 0.05) is 22.9 Å². The number of nitriles is 1. The zero-order chi connectivity index (χ0) is 20.8. The molecule has 0 radical (unpaired) electrons. The van der Waals surface area contributed by atoms with Gasteiger partial charge in [-0.05, 0) is 42.5 Å². The van der Waals surface area contributed by atoms with Crippen molar-refractivity contribution in [1.29, 1.82) is 5.26 Å². The summed E-state index contributed by atoms with van der Waals surface area (Å²) in [5.74, 6) is -0.529. The number of thioether (sulfide) groups is 2. The van der Waals surface area contributed by atoms with Crippen LogP contribution in [0.4, 0.5) is 5.69 Å². The fourth-order valence-electron chi connectivity index (χ4n) is 3.09. The fraction of sp³-hybridized carbons (Fsp3) is 0.227. The summed E-state index contributed by atoms with van der Waals surface area (Å²) in [5.41, 5.74) is 3.15. The maximum Gasteiger partial charge on any atom is 0.234 e. The van der Waals surface area contributed by atoms with Gasteiger partial charge in [0.1, 0.15) is 0 Å². The molecular formula is C22H21N3O2S2. The molecule has 0 saturated carbocycles. The number of carbonyl (C=O) groups excluding carboxylic acids is 2. The lowest BCUT2D eigenvalue weighted by Gasteiger charge is -2.25. The highest BCUT2D eigenvalue weighted by Crippen LogP contribution is 2.36. The molecule has 1 atom stereocenters. The number of amides is 2. The minimum Gasteiger partial charge on any atom is -0.325 e. The van der Waals surface area contributed by atoms with E-state index in [1.807, 2.05) is 61.7 Å². The summed E-state index contributed by atoms with van der Waals surface area (Å²) in [6, 6.07) is 17.7. The molecular weight excluding hydrogens is 402 g/mol. The Bertz CT molecular complexity index is 994. The van der Waals surface area contributed by atoms with Gasteiger partial charge in [-0.3, -0.25) is 9.59 Å². The number of para-hydroxylation sites is 1. The number of benzene rings is 2. The van der Waals surface area contributed by atoms with Gasteiger partial charge in [0.05, 0.1) is 22.4 Å². The summed E-state index contributed by atoms with van der Waals surface area (Å²) in [4.78, 5) is 25.7. The van der Waals surface area contributed by atoms with Gasteiger partial charge < -0.3 is 10.6 Å². The summed E-state index contributed by atoms with van der Waals surface area (Å²) in [5, 5.41) is 15.8. The molecule has 5 nitrogen and oxygen atoms in total. The summed E-state index contributed by atoms with van der Waals surface area (Å²) in [7, 11) is 0. The standard InChI is InChI=1S/C22H21N3O2S2/c1-14-5-3-4-6-19(14)24-21(27)13-29-22-18(12-23)17(11-20(26)25-22)15-7-9-16(28-2)10-8-15/h3-10,17H,11,13H2,1-2H3,(H,24,27)(H,25,26)/t17-/m1/s1. The zero-order valence-corrected chi connectivity index (χ0v) is 17.8. The van der Waals surface area contributed by atoms with Crippen molar-refractivity contribution in [3.05, 3.63) is 70.3 Å². The first-order valence-electron chi connectivity index (χ1n) is 9.08. The molecule has 1 aliphatic rings. The number of hydrogen-bond donors (Lipinski definition) is 2. The van der Waals surface area contributed by atoms with E-state index >= 15 is 0 Å². The summed E-state index contributed by atoms with van der Waals surface area (Å²) in [6.07, 6.45) is 2.22. The smallest absolute Gasteiger partial charge is 0.234 e. The number of nitrogens with zero attached hydrogens (tertiary/aromatic N) is 1. The zero-order valence-electron chi connectivity index (χ0n) is 16.2. The van der Waals surface area contributed by atoms with Crippen LogP contribution >= 0.6 is 23.5 Å². The minimum absolute atomic E-state index is 0.104. The molecule has 0 aliphatic carbocycles. The van der Waals surface area contributed by atoms with Gasteiger partial charge in [-0.25, -0.2) is 0 Å². The van der Waals surface area contributed by atoms with E-state index in [9.17, 15) is 14.9 Å². The first kappa shape index (κ1) is 21.0. The van der Waals surface area contributed by atoms with Crippen molar-refractivity contribution in [2.24, 2.45) is 0 Å². The van der Waals surface area contributed by atoms with Gasteiger partial charge in [0.2, 0.25) is 11.8 Å². The quantitative estimate of drug-likeness (QED) is 0.672. The molecule has 1 heterocycles. The third kappa shape index (κ3) is 5.22. The van der Waals surface area contributed by atoms with E-state index in [1.54, 1.807) is 11.8 Å². The number of aryl methyl sites for hydroxylation is 1. The van der Waals surface area contributed by atoms with Crippen LogP contribution in [0.15, 0.2) is 64.0 Å². The molecule has 0 aromatic heterocycles. The second-order valence-corrected chi connectivity index (χ2v) is 8.45. The molecule has 2 amide bonds. The molecule has 2 aromatic carbocycles. The third-order valence-electron chi connectivity index (χ3n) is 4.64. The molecule has 2 aromatic rings. The van der Waals surface area contributed by atoms with Gasteiger partial charge >= 0.3 is 0 Å². The predicted molar refractivity (Wildman–Crippen MR) is 119 cm³/mol. The summed E-state index contributed by atoms with van der Waals surface area (Å²) >= 11 is 2.82. The van der Waals surface area contributed by atoms with Crippen LogP contribution in [-0.4, -0.2) is 23.8 Å². The van der Waals surface area contributed by atoms with Crippen molar-refractivity contribution in [2.45, 2.75) is 24.2 Å². The van der Waals surface area contributed by atoms with Crippen molar-refractivity contribution in [3.63, 3.8) is 0 Å². The van der Waals surface area contributed by atoms with Crippen molar-refractivity contribution < 1.29 is 9.59 Å². The largest absolute Gasteiger partial charge is 0.325 e. The number of nitrogens with one attached hydrogen (secondary N) is 2. The Kier molecular flexibility index (Phi) is 7.02. The molecule has 0 unspecified atom stereocenters. The molecule has 0 fully saturated rings. The number of allylic oxidation sites excluding steroid dienone is 1. The number of rotatable bonds is 6. The van der Waals surface area contributed by atoms with E-state index in [-0.39, 0.29) is 29.9 Å². The molecule has 2 N–H and O–H groups in total. The van der Waals surface area contributed by atoms with Gasteiger partial charge in [-0.2, -0.15) is 5.26 Å². The van der Waals surface area contributed by atoms with Crippen molar-refractivity contribution in [3.8, 4) is 6.07 Å². The van der Waals surface area contributed by atoms with Crippen LogP contribution in [0.3, 0.4) is 0 Å². The summed E-state index contributed by atoms with van der Waals surface area (Å²) < 4.78 is 0. The van der Waals surface area contributed by atoms with Crippen LogP contribution in [-0.2, 0) is 9.59 Å². The number of carbonyl (C=O) groups is 2. The average molecular weight is 424 g/mol. The fourth-order valence-corrected chi connectivity index (χ4v) is 4.38. The Balaban J connectivity index is 1.75. The topological polar surface area (TPSA) is 82.0 Å². The lowest BCUT2D eigenvalue weighted by atomic mass is 9.87. The molecule has 0 saturated heterocycles. The Morgan fingerprint density at radius 1 is 1.24 bits per heavy atom. The van der Waals surface area contributed by atoms with Crippen molar-refractivity contribution in [2.75, 3.05) is 17.3 Å². The van der Waals surface area contributed by atoms with Gasteiger partial charge in [-0.15, -0.1) is 11.8 Å². The van der Waals surface area contributed by atoms with E-state index in [0.29, 0.717) is 10.6 Å². The Labute approximate surface area is 179 Å². The van der Waals surface area contributed by atoms with Crippen LogP contribution in [0.2, 0.25) is 0 Å². The van der Waals surface area contributed by atoms with E-state index in [1.165, 1.54) is 11.8 Å². The van der Waals surface area contributed by atoms with E-state index in [2.05, 4.69) is 16.7 Å². The molecule has 148 valence electrons. The maximum atomic E-state index is 12.4. The van der Waals surface area contributed by atoms with E-state index < -0.39 is 0 Å². The SMILES string of the molecule is CSc1ccc([C@H]2CC(=O)NC(SCC(=O)Nc3ccccc3C)=C2C#N)cc1. The van der Waals surface area contributed by atoms with Crippen LogP contribution in [0.1, 0.15) is 23.5 Å². The second kappa shape index (κ2) is 9.68. The van der Waals surface area contributed by atoms with Crippen molar-refractivity contribution in [1.82, 2.24) is 5.32 Å². The van der Waals surface area contributed by atoms with E-state index in [0.717, 1.165) is 21.7 Å². The molecule has 7 heteroatoms. The number of hydrogen-bond acceptors (Lipinski definition) is 5. The van der Waals surface area contributed by atoms with Gasteiger partial charge in [0.15, 0.2) is 0 Å². The highest BCUT2D eigenvalue weighted by molar-refractivity contribution is 8.03. The highest BCUT2D eigenvalue weighted by Gasteiger charge is 2.29. The average Bonchev–Trinajstić information content (AvgIpc) is 2.73. The maximum absolute atomic E-state index is 12.4. The molecule has 0 spiro atoms. The Hall–Kier alpha value is -2.69. The molecule has 29 heavy (non-hydrogen) atoms. The van der Waals surface area contributed by atoms with Crippen LogP contribution in [0.5, 0.6) is 0 Å². The van der Waals surface area contributed by atoms with Crippen LogP contribution < -0.4 is 10.6 Å².